The van der Waals surface area contributed by atoms with Crippen molar-refractivity contribution in [2.24, 2.45) is 5.73 Å². The summed E-state index contributed by atoms with van der Waals surface area (Å²) >= 11 is 5.03. The van der Waals surface area contributed by atoms with Crippen LogP contribution in [0.15, 0.2) is 15.9 Å². The number of thiophene rings is 1. The van der Waals surface area contributed by atoms with Crippen LogP contribution in [0.5, 0.6) is 0 Å². The van der Waals surface area contributed by atoms with Gasteiger partial charge in [0.1, 0.15) is 0 Å². The van der Waals surface area contributed by atoms with Crippen LogP contribution in [0.25, 0.3) is 0 Å². The molecule has 0 bridgehead atoms. The fourth-order valence-electron chi connectivity index (χ4n) is 2.40. The number of nitrogens with one attached hydrogen (secondary N) is 1. The predicted octanol–water partition coefficient (Wildman–Crippen LogP) is 1.70. The Morgan fingerprint density at radius 2 is 2.25 bits per heavy atom. The molecule has 1 saturated heterocycles. The molecule has 20 heavy (non-hydrogen) atoms. The Bertz CT molecular complexity index is 533. The maximum atomic E-state index is 12.3. The minimum absolute atomic E-state index is 0.0582. The molecule has 2 rings (SSSR count). The van der Waals surface area contributed by atoms with Gasteiger partial charge in [-0.2, -0.15) is 12.7 Å². The van der Waals surface area contributed by atoms with Crippen LogP contribution in [0.4, 0.5) is 0 Å². The summed E-state index contributed by atoms with van der Waals surface area (Å²) in [6, 6.07) is 3.92. The zero-order valence-corrected chi connectivity index (χ0v) is 14.4. The normalized spacial score (nSPS) is 21.2. The van der Waals surface area contributed by atoms with Crippen molar-refractivity contribution in [1.82, 2.24) is 9.03 Å². The van der Waals surface area contributed by atoms with E-state index in [1.807, 2.05) is 12.1 Å². The monoisotopic (exact) mass is 381 g/mol. The van der Waals surface area contributed by atoms with Gasteiger partial charge in [-0.1, -0.05) is 6.42 Å². The standard InChI is InChI=1S/C12H20BrN3O2S2/c13-12-5-4-11(19-12)6-7-15-20(17,18)16-8-2-1-3-10(16)9-14/h4-5,10,15H,1-3,6-9,14H2. The summed E-state index contributed by atoms with van der Waals surface area (Å²) in [7, 11) is -3.41. The van der Waals surface area contributed by atoms with Gasteiger partial charge >= 0.3 is 0 Å². The zero-order valence-electron chi connectivity index (χ0n) is 11.2. The molecule has 1 atom stereocenters. The van der Waals surface area contributed by atoms with Gasteiger partial charge in [-0.3, -0.25) is 0 Å². The molecule has 0 saturated carbocycles. The summed E-state index contributed by atoms with van der Waals surface area (Å²) in [4.78, 5) is 1.16. The van der Waals surface area contributed by atoms with Gasteiger partial charge in [0.15, 0.2) is 0 Å². The van der Waals surface area contributed by atoms with Crippen molar-refractivity contribution in [3.05, 3.63) is 20.8 Å². The second-order valence-electron chi connectivity index (χ2n) is 4.85. The van der Waals surface area contributed by atoms with Crippen molar-refractivity contribution < 1.29 is 8.42 Å². The van der Waals surface area contributed by atoms with Crippen LogP contribution < -0.4 is 10.5 Å². The van der Waals surface area contributed by atoms with Gasteiger partial charge in [-0.25, -0.2) is 4.72 Å². The van der Waals surface area contributed by atoms with Gasteiger partial charge in [-0.05, 0) is 47.3 Å². The molecular weight excluding hydrogens is 362 g/mol. The molecule has 0 amide bonds. The van der Waals surface area contributed by atoms with E-state index < -0.39 is 10.2 Å². The highest BCUT2D eigenvalue weighted by Crippen LogP contribution is 2.22. The summed E-state index contributed by atoms with van der Waals surface area (Å²) in [5.41, 5.74) is 5.68. The largest absolute Gasteiger partial charge is 0.329 e. The van der Waals surface area contributed by atoms with Gasteiger partial charge in [0.05, 0.1) is 3.79 Å². The quantitative estimate of drug-likeness (QED) is 0.787. The van der Waals surface area contributed by atoms with Crippen LogP contribution in [0.1, 0.15) is 24.1 Å². The summed E-state index contributed by atoms with van der Waals surface area (Å²) < 4.78 is 29.9. The molecule has 1 aliphatic rings. The number of nitrogens with zero attached hydrogens (tertiary/aromatic N) is 1. The Balaban J connectivity index is 1.89. The highest BCUT2D eigenvalue weighted by Gasteiger charge is 2.30. The van der Waals surface area contributed by atoms with E-state index in [9.17, 15) is 8.42 Å². The highest BCUT2D eigenvalue weighted by atomic mass is 79.9. The molecular formula is C12H20BrN3O2S2. The third-order valence-electron chi connectivity index (χ3n) is 3.44. The molecule has 1 aromatic heterocycles. The minimum atomic E-state index is -3.41. The van der Waals surface area contributed by atoms with E-state index in [1.54, 1.807) is 11.3 Å². The van der Waals surface area contributed by atoms with Crippen molar-refractivity contribution in [2.75, 3.05) is 19.6 Å². The highest BCUT2D eigenvalue weighted by molar-refractivity contribution is 9.11. The smallest absolute Gasteiger partial charge is 0.279 e. The number of hydrogen-bond acceptors (Lipinski definition) is 4. The van der Waals surface area contributed by atoms with Crippen molar-refractivity contribution in [2.45, 2.75) is 31.7 Å². The Morgan fingerprint density at radius 3 is 2.90 bits per heavy atom. The van der Waals surface area contributed by atoms with Gasteiger partial charge in [0.25, 0.3) is 10.2 Å². The molecule has 5 nitrogen and oxygen atoms in total. The molecule has 8 heteroatoms. The first kappa shape index (κ1) is 16.4. The van der Waals surface area contributed by atoms with Crippen molar-refractivity contribution in [3.8, 4) is 0 Å². The van der Waals surface area contributed by atoms with E-state index in [1.165, 1.54) is 4.31 Å². The first-order valence-electron chi connectivity index (χ1n) is 6.73. The van der Waals surface area contributed by atoms with E-state index >= 15 is 0 Å². The molecule has 1 unspecified atom stereocenters. The maximum Gasteiger partial charge on any atom is 0.279 e. The number of piperidine rings is 1. The van der Waals surface area contributed by atoms with E-state index in [4.69, 9.17) is 5.73 Å². The van der Waals surface area contributed by atoms with Crippen LogP contribution in [0.2, 0.25) is 0 Å². The summed E-state index contributed by atoms with van der Waals surface area (Å²) in [6.07, 6.45) is 3.53. The second kappa shape index (κ2) is 7.33. The molecule has 1 aliphatic heterocycles. The topological polar surface area (TPSA) is 75.4 Å². The molecule has 1 aromatic rings. The van der Waals surface area contributed by atoms with Crippen LogP contribution in [-0.2, 0) is 16.6 Å². The number of rotatable bonds is 6. The fraction of sp³-hybridized carbons (Fsp3) is 0.667. The van der Waals surface area contributed by atoms with Crippen LogP contribution in [0, 0.1) is 0 Å². The average molecular weight is 382 g/mol. The second-order valence-corrected chi connectivity index (χ2v) is 9.11. The lowest BCUT2D eigenvalue weighted by atomic mass is 10.1. The van der Waals surface area contributed by atoms with E-state index in [2.05, 4.69) is 20.7 Å². The third-order valence-corrected chi connectivity index (χ3v) is 6.79. The maximum absolute atomic E-state index is 12.3. The summed E-state index contributed by atoms with van der Waals surface area (Å²) in [5.74, 6) is 0. The lowest BCUT2D eigenvalue weighted by molar-refractivity contribution is 0.254. The Kier molecular flexibility index (Phi) is 6.00. The molecule has 0 spiro atoms. The first-order valence-corrected chi connectivity index (χ1v) is 9.78. The van der Waals surface area contributed by atoms with E-state index in [0.29, 0.717) is 26.1 Å². The summed E-state index contributed by atoms with van der Waals surface area (Å²) in [5, 5.41) is 0. The van der Waals surface area contributed by atoms with Gasteiger partial charge < -0.3 is 5.73 Å². The van der Waals surface area contributed by atoms with Crippen molar-refractivity contribution >= 4 is 37.5 Å². The molecule has 1 fully saturated rings. The van der Waals surface area contributed by atoms with E-state index in [-0.39, 0.29) is 6.04 Å². The molecule has 0 radical (unpaired) electrons. The molecule has 0 aliphatic carbocycles. The van der Waals surface area contributed by atoms with Gasteiger partial charge in [0.2, 0.25) is 0 Å². The van der Waals surface area contributed by atoms with Crippen LogP contribution in [-0.4, -0.2) is 38.4 Å². The molecule has 0 aromatic carbocycles. The SMILES string of the molecule is NCC1CCCCN1S(=O)(=O)NCCc1ccc(Br)s1. The number of nitrogens with two attached hydrogens (primary N) is 1. The third kappa shape index (κ3) is 4.25. The lowest BCUT2D eigenvalue weighted by Gasteiger charge is -2.33. The molecule has 114 valence electrons. The van der Waals surface area contributed by atoms with Crippen LogP contribution >= 0.6 is 27.3 Å². The van der Waals surface area contributed by atoms with Crippen molar-refractivity contribution in [1.29, 1.82) is 0 Å². The zero-order chi connectivity index (χ0) is 14.6. The van der Waals surface area contributed by atoms with Crippen molar-refractivity contribution in [3.63, 3.8) is 0 Å². The predicted molar refractivity (Wildman–Crippen MR) is 86.0 cm³/mol. The van der Waals surface area contributed by atoms with Gasteiger partial charge in [-0.15, -0.1) is 11.3 Å². The molecule has 3 N–H and O–H groups in total. The Morgan fingerprint density at radius 1 is 1.45 bits per heavy atom. The summed E-state index contributed by atoms with van der Waals surface area (Å²) in [6.45, 7) is 1.38. The number of hydrogen-bond donors (Lipinski definition) is 2. The number of halogens is 1. The van der Waals surface area contributed by atoms with Crippen LogP contribution in [0.3, 0.4) is 0 Å². The first-order chi connectivity index (χ1) is 9.53. The Labute approximate surface area is 132 Å². The molecule has 2 heterocycles. The van der Waals surface area contributed by atoms with Gasteiger partial charge in [0, 0.05) is 30.6 Å². The lowest BCUT2D eigenvalue weighted by Crippen LogP contribution is -2.51. The Hall–Kier alpha value is 0.01000. The van der Waals surface area contributed by atoms with E-state index in [0.717, 1.165) is 27.9 Å². The fourth-order valence-corrected chi connectivity index (χ4v) is 5.36. The average Bonchev–Trinajstić information content (AvgIpc) is 2.84. The minimum Gasteiger partial charge on any atom is -0.329 e.